The zero-order chi connectivity index (χ0) is 26.5. The van der Waals surface area contributed by atoms with Gasteiger partial charge >= 0.3 is 0 Å². The molecular formula is C29H31ClN2O5S. The number of methoxy groups -OCH3 is 1. The van der Waals surface area contributed by atoms with Crippen LogP contribution in [0.25, 0.3) is 0 Å². The number of amides is 2. The van der Waals surface area contributed by atoms with Gasteiger partial charge < -0.3 is 24.0 Å². The average molecular weight is 555 g/mol. The zero-order valence-corrected chi connectivity index (χ0v) is 22.9. The molecule has 3 aromatic rings. The lowest BCUT2D eigenvalue weighted by Gasteiger charge is -2.37. The van der Waals surface area contributed by atoms with E-state index < -0.39 is 0 Å². The van der Waals surface area contributed by atoms with E-state index in [1.165, 1.54) is 4.88 Å². The number of thiophene rings is 1. The minimum Gasteiger partial charge on any atom is -0.497 e. The standard InChI is InChI=1S/C29H31ClN2O5S/c1-35-23-5-2-4-20(16-23)29(34)31(17-24-6-3-14-36-24)18-28(33)32-13-11-27-25(12-15-38-27)26(32)19-37-22-9-7-21(30)8-10-22/h2,4-5,7-10,12,15-16,24,26H,3,6,11,13-14,17-19H2,1H3. The van der Waals surface area contributed by atoms with Crippen molar-refractivity contribution in [3.05, 3.63) is 81.0 Å². The Kier molecular flexibility index (Phi) is 8.51. The maximum Gasteiger partial charge on any atom is 0.254 e. The lowest BCUT2D eigenvalue weighted by atomic mass is 10.00. The van der Waals surface area contributed by atoms with Crippen molar-refractivity contribution in [2.24, 2.45) is 0 Å². The molecule has 1 aromatic heterocycles. The molecule has 2 unspecified atom stereocenters. The monoisotopic (exact) mass is 554 g/mol. The molecule has 0 saturated carbocycles. The SMILES string of the molecule is COc1cccc(C(=O)N(CC(=O)N2CCc3sccc3C2COc2ccc(Cl)cc2)CC2CCCO2)c1. The van der Waals surface area contributed by atoms with E-state index in [-0.39, 0.29) is 30.5 Å². The van der Waals surface area contributed by atoms with Gasteiger partial charge in [-0.3, -0.25) is 9.59 Å². The Morgan fingerprint density at radius 2 is 2.00 bits per heavy atom. The highest BCUT2D eigenvalue weighted by Crippen LogP contribution is 2.34. The van der Waals surface area contributed by atoms with E-state index in [0.29, 0.717) is 48.4 Å². The zero-order valence-electron chi connectivity index (χ0n) is 21.3. The number of nitrogens with zero attached hydrogens (tertiary/aromatic N) is 2. The molecule has 0 radical (unpaired) electrons. The van der Waals surface area contributed by atoms with Crippen LogP contribution in [0.5, 0.6) is 11.5 Å². The van der Waals surface area contributed by atoms with Crippen LogP contribution in [0, 0.1) is 0 Å². The van der Waals surface area contributed by atoms with Crippen molar-refractivity contribution in [3.8, 4) is 11.5 Å². The molecule has 0 bridgehead atoms. The highest BCUT2D eigenvalue weighted by Gasteiger charge is 2.34. The Bertz CT molecular complexity index is 1260. The Morgan fingerprint density at radius 1 is 1.16 bits per heavy atom. The number of rotatable bonds is 9. The number of halogens is 1. The minimum absolute atomic E-state index is 0.0349. The van der Waals surface area contributed by atoms with E-state index in [2.05, 4.69) is 11.4 Å². The molecule has 2 aliphatic heterocycles. The summed E-state index contributed by atoms with van der Waals surface area (Å²) < 4.78 is 17.2. The summed E-state index contributed by atoms with van der Waals surface area (Å²) >= 11 is 7.72. The smallest absolute Gasteiger partial charge is 0.254 e. The quantitative estimate of drug-likeness (QED) is 0.362. The number of ether oxygens (including phenoxy) is 3. The molecule has 0 aliphatic carbocycles. The first-order valence-corrected chi connectivity index (χ1v) is 14.1. The van der Waals surface area contributed by atoms with Crippen molar-refractivity contribution < 1.29 is 23.8 Å². The Balaban J connectivity index is 1.35. The number of hydrogen-bond donors (Lipinski definition) is 0. The van der Waals surface area contributed by atoms with Crippen LogP contribution in [-0.4, -0.2) is 67.7 Å². The summed E-state index contributed by atoms with van der Waals surface area (Å²) in [6.45, 7) is 1.89. The summed E-state index contributed by atoms with van der Waals surface area (Å²) in [6, 6.07) is 16.1. The van der Waals surface area contributed by atoms with Gasteiger partial charge in [0.05, 0.1) is 19.3 Å². The van der Waals surface area contributed by atoms with Crippen molar-refractivity contribution in [1.82, 2.24) is 9.80 Å². The first kappa shape index (κ1) is 26.5. The Labute approximate surface area is 231 Å². The lowest BCUT2D eigenvalue weighted by Crippen LogP contribution is -2.49. The topological polar surface area (TPSA) is 68.3 Å². The molecule has 2 aromatic carbocycles. The lowest BCUT2D eigenvalue weighted by molar-refractivity contribution is -0.135. The van der Waals surface area contributed by atoms with Gasteiger partial charge in [-0.1, -0.05) is 17.7 Å². The van der Waals surface area contributed by atoms with E-state index in [9.17, 15) is 9.59 Å². The second-order valence-electron chi connectivity index (χ2n) is 9.47. The van der Waals surface area contributed by atoms with Crippen LogP contribution in [-0.2, 0) is 16.0 Å². The summed E-state index contributed by atoms with van der Waals surface area (Å²) in [6.07, 6.45) is 2.53. The summed E-state index contributed by atoms with van der Waals surface area (Å²) in [4.78, 5) is 32.2. The van der Waals surface area contributed by atoms with Gasteiger partial charge in [0.1, 0.15) is 24.7 Å². The summed E-state index contributed by atoms with van der Waals surface area (Å²) in [7, 11) is 1.57. The van der Waals surface area contributed by atoms with E-state index in [1.54, 1.807) is 59.7 Å². The molecule has 2 aliphatic rings. The number of hydrogen-bond acceptors (Lipinski definition) is 6. The van der Waals surface area contributed by atoms with Crippen LogP contribution >= 0.6 is 22.9 Å². The van der Waals surface area contributed by atoms with E-state index in [1.807, 2.05) is 17.0 Å². The summed E-state index contributed by atoms with van der Waals surface area (Å²) in [5, 5.41) is 2.70. The molecule has 3 heterocycles. The van der Waals surface area contributed by atoms with E-state index in [4.69, 9.17) is 25.8 Å². The predicted molar refractivity (Wildman–Crippen MR) is 147 cm³/mol. The Hall–Kier alpha value is -3.07. The largest absolute Gasteiger partial charge is 0.497 e. The molecule has 38 heavy (non-hydrogen) atoms. The van der Waals surface area contributed by atoms with Crippen LogP contribution in [0.15, 0.2) is 60.0 Å². The highest BCUT2D eigenvalue weighted by atomic mass is 35.5. The van der Waals surface area contributed by atoms with Gasteiger partial charge in [0.15, 0.2) is 0 Å². The molecule has 1 fully saturated rings. The van der Waals surface area contributed by atoms with Crippen LogP contribution in [0.4, 0.5) is 0 Å². The van der Waals surface area contributed by atoms with Gasteiger partial charge in [-0.05, 0) is 78.7 Å². The van der Waals surface area contributed by atoms with E-state index in [0.717, 1.165) is 24.8 Å². The number of fused-ring (bicyclic) bond motifs is 1. The van der Waals surface area contributed by atoms with Crippen molar-refractivity contribution in [2.45, 2.75) is 31.4 Å². The normalized spacial score (nSPS) is 18.6. The Morgan fingerprint density at radius 3 is 2.76 bits per heavy atom. The third-order valence-electron chi connectivity index (χ3n) is 7.01. The fourth-order valence-electron chi connectivity index (χ4n) is 5.03. The van der Waals surface area contributed by atoms with Crippen LogP contribution in [0.3, 0.4) is 0 Å². The van der Waals surface area contributed by atoms with Crippen molar-refractivity contribution >= 4 is 34.8 Å². The summed E-state index contributed by atoms with van der Waals surface area (Å²) in [5.74, 6) is 0.966. The maximum absolute atomic E-state index is 13.8. The minimum atomic E-state index is -0.246. The molecule has 200 valence electrons. The molecule has 0 spiro atoms. The van der Waals surface area contributed by atoms with Crippen molar-refractivity contribution in [2.75, 3.05) is 40.0 Å². The van der Waals surface area contributed by atoms with Crippen LogP contribution in [0.2, 0.25) is 5.02 Å². The van der Waals surface area contributed by atoms with Gasteiger partial charge in [-0.25, -0.2) is 0 Å². The fourth-order valence-corrected chi connectivity index (χ4v) is 6.08. The molecule has 9 heteroatoms. The highest BCUT2D eigenvalue weighted by molar-refractivity contribution is 7.10. The predicted octanol–water partition coefficient (Wildman–Crippen LogP) is 5.24. The van der Waals surface area contributed by atoms with Crippen LogP contribution < -0.4 is 9.47 Å². The van der Waals surface area contributed by atoms with Gasteiger partial charge in [0.25, 0.3) is 5.91 Å². The van der Waals surface area contributed by atoms with Gasteiger partial charge in [-0.2, -0.15) is 0 Å². The summed E-state index contributed by atoms with van der Waals surface area (Å²) in [5.41, 5.74) is 1.59. The second kappa shape index (κ2) is 12.2. The molecule has 1 saturated heterocycles. The second-order valence-corrected chi connectivity index (χ2v) is 10.9. The van der Waals surface area contributed by atoms with Gasteiger partial charge in [0, 0.05) is 35.2 Å². The molecule has 5 rings (SSSR count). The maximum atomic E-state index is 13.8. The van der Waals surface area contributed by atoms with Gasteiger partial charge in [-0.15, -0.1) is 11.3 Å². The third kappa shape index (κ3) is 6.14. The third-order valence-corrected chi connectivity index (χ3v) is 8.26. The first-order chi connectivity index (χ1) is 18.5. The molecule has 0 N–H and O–H groups in total. The number of benzene rings is 2. The van der Waals surface area contributed by atoms with Crippen molar-refractivity contribution in [3.63, 3.8) is 0 Å². The average Bonchev–Trinajstić information content (AvgIpc) is 3.64. The number of carbonyl (C=O) groups is 2. The van der Waals surface area contributed by atoms with Gasteiger partial charge in [0.2, 0.25) is 5.91 Å². The fraction of sp³-hybridized carbons (Fsp3) is 0.379. The first-order valence-electron chi connectivity index (χ1n) is 12.8. The van der Waals surface area contributed by atoms with Crippen molar-refractivity contribution in [1.29, 1.82) is 0 Å². The molecule has 7 nitrogen and oxygen atoms in total. The number of carbonyl (C=O) groups excluding carboxylic acids is 2. The van der Waals surface area contributed by atoms with E-state index >= 15 is 0 Å². The molecule has 2 atom stereocenters. The molecular weight excluding hydrogens is 524 g/mol. The molecule has 2 amide bonds. The van der Waals surface area contributed by atoms with Crippen LogP contribution in [0.1, 0.15) is 39.7 Å².